The van der Waals surface area contributed by atoms with Gasteiger partial charge in [-0.05, 0) is 81.0 Å². The topological polar surface area (TPSA) is 35.5 Å². The zero-order valence-corrected chi connectivity index (χ0v) is 18.2. The third-order valence-electron chi connectivity index (χ3n) is 5.26. The van der Waals surface area contributed by atoms with Crippen LogP contribution in [0.2, 0.25) is 0 Å². The summed E-state index contributed by atoms with van der Waals surface area (Å²) in [5.74, 6) is -0.314. The van der Waals surface area contributed by atoms with Crippen LogP contribution in [-0.4, -0.2) is 12.6 Å². The highest BCUT2D eigenvalue weighted by Crippen LogP contribution is 2.47. The average molecular weight is 391 g/mol. The molecule has 0 aromatic heterocycles. The first-order valence-corrected chi connectivity index (χ1v) is 10.1. The Labute approximate surface area is 174 Å². The normalized spacial score (nSPS) is 17.4. The number of fused-ring (bicyclic) bond motifs is 1. The first kappa shape index (κ1) is 21.1. The summed E-state index contributed by atoms with van der Waals surface area (Å²) in [6.45, 7) is 12.6. The summed E-state index contributed by atoms with van der Waals surface area (Å²) < 4.78 is 11.3. The number of esters is 1. The van der Waals surface area contributed by atoms with Crippen LogP contribution in [-0.2, 0) is 25.5 Å². The van der Waals surface area contributed by atoms with Crippen molar-refractivity contribution >= 4 is 12.0 Å². The second-order valence-corrected chi connectivity index (χ2v) is 8.44. The van der Waals surface area contributed by atoms with E-state index in [9.17, 15) is 4.79 Å². The number of carbonyl (C=O) groups is 1. The molecule has 1 heterocycles. The molecule has 1 aliphatic rings. The smallest absolute Gasteiger partial charge is 0.330 e. The molecule has 0 saturated carbocycles. The van der Waals surface area contributed by atoms with Crippen LogP contribution in [0.4, 0.5) is 0 Å². The van der Waals surface area contributed by atoms with Crippen molar-refractivity contribution in [2.24, 2.45) is 0 Å². The summed E-state index contributed by atoms with van der Waals surface area (Å²) in [7, 11) is 0. The van der Waals surface area contributed by atoms with Crippen LogP contribution in [0.15, 0.2) is 60.2 Å². The Morgan fingerprint density at radius 3 is 2.45 bits per heavy atom. The SMILES string of the molecule is CCOC(=O)/C=C(C)/C=C/c1ccccc1-c1ccc2c(c1)C(C)(C)OC2(C)C. The number of allylic oxidation sites excluding steroid dienone is 2. The van der Waals surface area contributed by atoms with Crippen LogP contribution in [0, 0.1) is 0 Å². The molecular formula is C26H30O3. The summed E-state index contributed by atoms with van der Waals surface area (Å²) in [6.07, 6.45) is 5.50. The van der Waals surface area contributed by atoms with E-state index in [0.29, 0.717) is 6.61 Å². The molecule has 0 atom stereocenters. The van der Waals surface area contributed by atoms with Gasteiger partial charge in [0.25, 0.3) is 0 Å². The van der Waals surface area contributed by atoms with Crippen molar-refractivity contribution in [3.05, 3.63) is 76.9 Å². The number of carbonyl (C=O) groups excluding carboxylic acids is 1. The molecule has 3 heteroatoms. The van der Waals surface area contributed by atoms with Crippen molar-refractivity contribution < 1.29 is 14.3 Å². The third kappa shape index (κ3) is 4.51. The monoisotopic (exact) mass is 390 g/mol. The summed E-state index contributed by atoms with van der Waals surface area (Å²) >= 11 is 0. The maximum atomic E-state index is 11.6. The van der Waals surface area contributed by atoms with E-state index in [-0.39, 0.29) is 17.2 Å². The Hall–Kier alpha value is -2.65. The van der Waals surface area contributed by atoms with E-state index in [1.807, 2.05) is 31.2 Å². The van der Waals surface area contributed by atoms with E-state index in [2.05, 4.69) is 58.0 Å². The van der Waals surface area contributed by atoms with E-state index < -0.39 is 0 Å². The quantitative estimate of drug-likeness (QED) is 0.338. The molecule has 3 rings (SSSR count). The van der Waals surface area contributed by atoms with Crippen LogP contribution in [0.1, 0.15) is 58.2 Å². The van der Waals surface area contributed by atoms with Gasteiger partial charge in [-0.3, -0.25) is 0 Å². The second kappa shape index (κ2) is 8.00. The maximum absolute atomic E-state index is 11.6. The van der Waals surface area contributed by atoms with Crippen molar-refractivity contribution in [2.45, 2.75) is 52.7 Å². The molecule has 29 heavy (non-hydrogen) atoms. The summed E-state index contributed by atoms with van der Waals surface area (Å²) in [6, 6.07) is 14.9. The van der Waals surface area contributed by atoms with Crippen molar-refractivity contribution in [2.75, 3.05) is 6.61 Å². The zero-order chi connectivity index (χ0) is 21.2. The van der Waals surface area contributed by atoms with Gasteiger partial charge in [0, 0.05) is 6.08 Å². The molecule has 0 bridgehead atoms. The zero-order valence-electron chi connectivity index (χ0n) is 18.2. The highest BCUT2D eigenvalue weighted by atomic mass is 16.5. The van der Waals surface area contributed by atoms with Gasteiger partial charge >= 0.3 is 5.97 Å². The van der Waals surface area contributed by atoms with E-state index >= 15 is 0 Å². The molecule has 0 amide bonds. The van der Waals surface area contributed by atoms with E-state index in [4.69, 9.17) is 9.47 Å². The Bertz CT molecular complexity index is 977. The van der Waals surface area contributed by atoms with E-state index in [1.165, 1.54) is 17.2 Å². The summed E-state index contributed by atoms with van der Waals surface area (Å²) in [5.41, 5.74) is 6.12. The van der Waals surface area contributed by atoms with Gasteiger partial charge in [0.05, 0.1) is 17.8 Å². The predicted molar refractivity (Wildman–Crippen MR) is 118 cm³/mol. The van der Waals surface area contributed by atoms with Crippen molar-refractivity contribution in [1.29, 1.82) is 0 Å². The molecule has 0 fully saturated rings. The highest BCUT2D eigenvalue weighted by Gasteiger charge is 2.42. The lowest BCUT2D eigenvalue weighted by molar-refractivity contribution is -0.137. The molecule has 152 valence electrons. The first-order valence-electron chi connectivity index (χ1n) is 10.1. The summed E-state index contributed by atoms with van der Waals surface area (Å²) in [5, 5.41) is 0. The molecule has 0 unspecified atom stereocenters. The Balaban J connectivity index is 1.97. The van der Waals surface area contributed by atoms with E-state index in [1.54, 1.807) is 6.92 Å². The molecule has 2 aromatic carbocycles. The number of rotatable bonds is 5. The van der Waals surface area contributed by atoms with Crippen LogP contribution in [0.3, 0.4) is 0 Å². The number of benzene rings is 2. The molecular weight excluding hydrogens is 360 g/mol. The van der Waals surface area contributed by atoms with Gasteiger partial charge < -0.3 is 9.47 Å². The molecule has 1 aliphatic heterocycles. The van der Waals surface area contributed by atoms with Gasteiger partial charge in [-0.2, -0.15) is 0 Å². The van der Waals surface area contributed by atoms with Crippen LogP contribution in [0.5, 0.6) is 0 Å². The minimum Gasteiger partial charge on any atom is -0.463 e. The van der Waals surface area contributed by atoms with Gasteiger partial charge in [-0.15, -0.1) is 0 Å². The van der Waals surface area contributed by atoms with Crippen molar-refractivity contribution in [3.8, 4) is 11.1 Å². The Kier molecular flexibility index (Phi) is 5.81. The first-order chi connectivity index (χ1) is 13.6. The number of ether oxygens (including phenoxy) is 2. The van der Waals surface area contributed by atoms with Crippen LogP contribution in [0.25, 0.3) is 17.2 Å². The van der Waals surface area contributed by atoms with E-state index in [0.717, 1.165) is 22.3 Å². The number of hydrogen-bond donors (Lipinski definition) is 0. The van der Waals surface area contributed by atoms with Gasteiger partial charge in [-0.25, -0.2) is 4.79 Å². The Morgan fingerprint density at radius 2 is 1.72 bits per heavy atom. The maximum Gasteiger partial charge on any atom is 0.330 e. The average Bonchev–Trinajstić information content (AvgIpc) is 2.84. The fourth-order valence-electron chi connectivity index (χ4n) is 4.03. The molecule has 2 aromatic rings. The molecule has 0 N–H and O–H groups in total. The molecule has 0 radical (unpaired) electrons. The van der Waals surface area contributed by atoms with Gasteiger partial charge in [0.1, 0.15) is 0 Å². The van der Waals surface area contributed by atoms with Crippen LogP contribution < -0.4 is 0 Å². The molecule has 0 aliphatic carbocycles. The fourth-order valence-corrected chi connectivity index (χ4v) is 4.03. The number of hydrogen-bond acceptors (Lipinski definition) is 3. The van der Waals surface area contributed by atoms with Crippen molar-refractivity contribution in [1.82, 2.24) is 0 Å². The molecule has 3 nitrogen and oxygen atoms in total. The predicted octanol–water partition coefficient (Wildman–Crippen LogP) is 6.38. The lowest BCUT2D eigenvalue weighted by atomic mass is 9.87. The Morgan fingerprint density at radius 1 is 1.03 bits per heavy atom. The highest BCUT2D eigenvalue weighted by molar-refractivity contribution is 5.84. The fraction of sp³-hybridized carbons (Fsp3) is 0.346. The van der Waals surface area contributed by atoms with Crippen LogP contribution >= 0.6 is 0 Å². The largest absolute Gasteiger partial charge is 0.463 e. The van der Waals surface area contributed by atoms with Gasteiger partial charge in [0.2, 0.25) is 0 Å². The van der Waals surface area contributed by atoms with Gasteiger partial charge in [0.15, 0.2) is 0 Å². The minimum absolute atomic E-state index is 0.286. The van der Waals surface area contributed by atoms with Gasteiger partial charge in [-0.1, -0.05) is 48.6 Å². The van der Waals surface area contributed by atoms with Crippen molar-refractivity contribution in [3.63, 3.8) is 0 Å². The second-order valence-electron chi connectivity index (χ2n) is 8.44. The summed E-state index contributed by atoms with van der Waals surface area (Å²) in [4.78, 5) is 11.6. The third-order valence-corrected chi connectivity index (χ3v) is 5.26. The molecule has 0 saturated heterocycles. The lowest BCUT2D eigenvalue weighted by Crippen LogP contribution is -2.22. The standard InChI is InChI=1S/C26H30O3/c1-7-28-24(27)16-18(2)12-13-19-10-8-9-11-21(19)20-14-15-22-23(17-20)26(5,6)29-25(22,3)4/h8-17H,7H2,1-6H3/b13-12+,18-16+. The molecule has 0 spiro atoms. The minimum atomic E-state index is -0.321. The lowest BCUT2D eigenvalue weighted by Gasteiger charge is -2.24.